The number of carbonyl (C=O) groups excluding carboxylic acids is 2. The maximum atomic E-state index is 12.8. The first-order valence-electron chi connectivity index (χ1n) is 8.48. The number of hydrogen-bond donors (Lipinski definition) is 1. The summed E-state index contributed by atoms with van der Waals surface area (Å²) in [5.74, 6) is 0.769. The van der Waals surface area contributed by atoms with Gasteiger partial charge >= 0.3 is 0 Å². The van der Waals surface area contributed by atoms with E-state index in [1.54, 1.807) is 18.9 Å². The summed E-state index contributed by atoms with van der Waals surface area (Å²) >= 11 is 10.9. The zero-order valence-electron chi connectivity index (χ0n) is 15.2. The van der Waals surface area contributed by atoms with Crippen molar-refractivity contribution in [2.45, 2.75) is 25.3 Å². The number of nitrogens with one attached hydrogen (secondary N) is 1. The van der Waals surface area contributed by atoms with Crippen LogP contribution in [0.2, 0.25) is 5.02 Å². The number of benzene rings is 2. The van der Waals surface area contributed by atoms with Gasteiger partial charge in [-0.3, -0.25) is 9.59 Å². The van der Waals surface area contributed by atoms with Crippen LogP contribution in [0.3, 0.4) is 0 Å². The predicted octanol–water partition coefficient (Wildman–Crippen LogP) is 4.50. The van der Waals surface area contributed by atoms with Crippen LogP contribution < -0.4 is 5.32 Å². The number of carbonyl (C=O) groups is 2. The average Bonchev–Trinajstić information content (AvgIpc) is 2.66. The molecule has 0 aliphatic carbocycles. The molecule has 2 rings (SSSR count). The van der Waals surface area contributed by atoms with Crippen LogP contribution in [0, 0.1) is 0 Å². The van der Waals surface area contributed by atoms with Gasteiger partial charge in [-0.25, -0.2) is 0 Å². The molecule has 0 spiro atoms. The molecule has 0 aliphatic heterocycles. The van der Waals surface area contributed by atoms with E-state index >= 15 is 0 Å². The maximum Gasteiger partial charge on any atom is 0.242 e. The van der Waals surface area contributed by atoms with Crippen LogP contribution in [0.15, 0.2) is 53.0 Å². The van der Waals surface area contributed by atoms with Gasteiger partial charge in [0.2, 0.25) is 11.8 Å². The van der Waals surface area contributed by atoms with Crippen LogP contribution in [0.25, 0.3) is 0 Å². The molecule has 0 aliphatic rings. The second-order valence-electron chi connectivity index (χ2n) is 6.06. The van der Waals surface area contributed by atoms with Crippen LogP contribution in [0.1, 0.15) is 18.1 Å². The Hall–Kier alpha value is -1.50. The molecule has 1 atom stereocenters. The first kappa shape index (κ1) is 21.8. The minimum atomic E-state index is -0.544. The first-order chi connectivity index (χ1) is 12.9. The third-order valence-corrected chi connectivity index (χ3v) is 5.80. The van der Waals surface area contributed by atoms with E-state index in [9.17, 15) is 9.59 Å². The second kappa shape index (κ2) is 10.7. The second-order valence-corrected chi connectivity index (χ2v) is 8.40. The molecule has 2 aromatic rings. The number of thioether (sulfide) groups is 1. The molecule has 0 bridgehead atoms. The number of hydrogen-bond acceptors (Lipinski definition) is 3. The molecule has 144 valence electrons. The van der Waals surface area contributed by atoms with E-state index in [0.29, 0.717) is 23.1 Å². The number of likely N-dealkylation sites (N-methyl/N-ethyl adjacent to an activating group) is 1. The molecule has 0 fully saturated rings. The fourth-order valence-corrected chi connectivity index (χ4v) is 3.99. The van der Waals surface area contributed by atoms with E-state index in [0.717, 1.165) is 15.6 Å². The van der Waals surface area contributed by atoms with Crippen molar-refractivity contribution in [2.75, 3.05) is 12.8 Å². The normalized spacial score (nSPS) is 11.7. The van der Waals surface area contributed by atoms with Crippen LogP contribution in [0.5, 0.6) is 0 Å². The Morgan fingerprint density at radius 3 is 2.52 bits per heavy atom. The lowest BCUT2D eigenvalue weighted by Gasteiger charge is -2.28. The molecular weight excluding hydrogens is 448 g/mol. The molecule has 4 nitrogen and oxygen atoms in total. The van der Waals surface area contributed by atoms with Crippen LogP contribution >= 0.6 is 39.3 Å². The highest BCUT2D eigenvalue weighted by molar-refractivity contribution is 9.10. The van der Waals surface area contributed by atoms with Gasteiger partial charge in [-0.2, -0.15) is 0 Å². The Labute approximate surface area is 177 Å². The highest BCUT2D eigenvalue weighted by Crippen LogP contribution is 2.19. The Morgan fingerprint density at radius 1 is 1.19 bits per heavy atom. The smallest absolute Gasteiger partial charge is 0.242 e. The molecule has 2 amide bonds. The Morgan fingerprint density at radius 2 is 1.89 bits per heavy atom. The topological polar surface area (TPSA) is 49.4 Å². The van der Waals surface area contributed by atoms with Crippen molar-refractivity contribution in [3.63, 3.8) is 0 Å². The van der Waals surface area contributed by atoms with Gasteiger partial charge < -0.3 is 10.2 Å². The van der Waals surface area contributed by atoms with Crippen molar-refractivity contribution >= 4 is 51.1 Å². The SMILES string of the molecule is CNC(=O)[C@H](C)N(Cc1cccc(Br)c1)C(=O)CSCc1ccc(Cl)cc1. The molecule has 0 radical (unpaired) electrons. The minimum Gasteiger partial charge on any atom is -0.357 e. The van der Waals surface area contributed by atoms with E-state index < -0.39 is 6.04 Å². The number of halogens is 2. The van der Waals surface area contributed by atoms with Gasteiger partial charge in [0.25, 0.3) is 0 Å². The summed E-state index contributed by atoms with van der Waals surface area (Å²) in [4.78, 5) is 26.6. The molecule has 2 aromatic carbocycles. The van der Waals surface area contributed by atoms with Crippen molar-refractivity contribution in [1.82, 2.24) is 10.2 Å². The van der Waals surface area contributed by atoms with Crippen molar-refractivity contribution in [3.8, 4) is 0 Å². The molecule has 0 unspecified atom stereocenters. The molecule has 1 N–H and O–H groups in total. The van der Waals surface area contributed by atoms with Gasteiger partial charge in [-0.1, -0.05) is 51.8 Å². The van der Waals surface area contributed by atoms with Crippen molar-refractivity contribution in [3.05, 3.63) is 69.2 Å². The molecule has 0 heterocycles. The summed E-state index contributed by atoms with van der Waals surface area (Å²) in [7, 11) is 1.58. The van der Waals surface area contributed by atoms with E-state index in [4.69, 9.17) is 11.6 Å². The average molecular weight is 470 g/mol. The number of rotatable bonds is 8. The van der Waals surface area contributed by atoms with E-state index in [2.05, 4.69) is 21.2 Å². The quantitative estimate of drug-likeness (QED) is 0.619. The fourth-order valence-electron chi connectivity index (χ4n) is 2.54. The third-order valence-electron chi connectivity index (χ3n) is 4.06. The van der Waals surface area contributed by atoms with Crippen molar-refractivity contribution < 1.29 is 9.59 Å². The Balaban J connectivity index is 2.03. The van der Waals surface area contributed by atoms with Gasteiger partial charge in [0.05, 0.1) is 5.75 Å². The first-order valence-corrected chi connectivity index (χ1v) is 10.8. The zero-order valence-corrected chi connectivity index (χ0v) is 18.4. The summed E-state index contributed by atoms with van der Waals surface area (Å²) in [6, 6.07) is 14.8. The van der Waals surface area contributed by atoms with Gasteiger partial charge in [0, 0.05) is 28.8 Å². The maximum absolute atomic E-state index is 12.8. The van der Waals surface area contributed by atoms with Gasteiger partial charge in [-0.15, -0.1) is 11.8 Å². The van der Waals surface area contributed by atoms with E-state index in [1.807, 2.05) is 48.5 Å². The fraction of sp³-hybridized carbons (Fsp3) is 0.300. The van der Waals surface area contributed by atoms with E-state index in [1.165, 1.54) is 11.8 Å². The molecular formula is C20H22BrClN2O2S. The lowest BCUT2D eigenvalue weighted by Crippen LogP contribution is -2.47. The Kier molecular flexibility index (Phi) is 8.67. The van der Waals surface area contributed by atoms with Crippen molar-refractivity contribution in [2.24, 2.45) is 0 Å². The highest BCUT2D eigenvalue weighted by Gasteiger charge is 2.25. The molecule has 0 aromatic heterocycles. The molecule has 7 heteroatoms. The molecule has 0 saturated heterocycles. The summed E-state index contributed by atoms with van der Waals surface area (Å²) in [6.07, 6.45) is 0. The van der Waals surface area contributed by atoms with Crippen LogP contribution in [-0.4, -0.2) is 35.6 Å². The third kappa shape index (κ3) is 6.87. The monoisotopic (exact) mass is 468 g/mol. The van der Waals surface area contributed by atoms with Crippen molar-refractivity contribution in [1.29, 1.82) is 0 Å². The lowest BCUT2D eigenvalue weighted by atomic mass is 10.1. The minimum absolute atomic E-state index is 0.0648. The number of amides is 2. The van der Waals surface area contributed by atoms with Crippen LogP contribution in [0.4, 0.5) is 0 Å². The summed E-state index contributed by atoms with van der Waals surface area (Å²) in [5, 5.41) is 3.32. The summed E-state index contributed by atoms with van der Waals surface area (Å²) in [6.45, 7) is 2.13. The predicted molar refractivity (Wildman–Crippen MR) is 116 cm³/mol. The number of nitrogens with zero attached hydrogens (tertiary/aromatic N) is 1. The van der Waals surface area contributed by atoms with E-state index in [-0.39, 0.29) is 11.8 Å². The zero-order chi connectivity index (χ0) is 19.8. The van der Waals surface area contributed by atoms with Gasteiger partial charge in [-0.05, 0) is 42.3 Å². The summed E-state index contributed by atoms with van der Waals surface area (Å²) < 4.78 is 0.942. The molecule has 0 saturated carbocycles. The van der Waals surface area contributed by atoms with Gasteiger partial charge in [0.15, 0.2) is 0 Å². The standard InChI is InChI=1S/C20H22BrClN2O2S/c1-14(20(26)23-2)24(11-16-4-3-5-17(21)10-16)19(25)13-27-12-15-6-8-18(22)9-7-15/h3-10,14H,11-13H2,1-2H3,(H,23,26)/t14-/m0/s1. The highest BCUT2D eigenvalue weighted by atomic mass is 79.9. The Bertz CT molecular complexity index is 786. The lowest BCUT2D eigenvalue weighted by molar-refractivity contribution is -0.138. The van der Waals surface area contributed by atoms with Crippen LogP contribution in [-0.2, 0) is 21.9 Å². The molecule has 27 heavy (non-hydrogen) atoms. The van der Waals surface area contributed by atoms with Gasteiger partial charge in [0.1, 0.15) is 6.04 Å². The largest absolute Gasteiger partial charge is 0.357 e. The summed E-state index contributed by atoms with van der Waals surface area (Å²) in [5.41, 5.74) is 2.08.